The van der Waals surface area contributed by atoms with E-state index in [1.807, 2.05) is 13.2 Å². The molecule has 100 valence electrons. The Hall–Kier alpha value is -1.27. The Bertz CT molecular complexity index is 370. The minimum atomic E-state index is -0.482. The van der Waals surface area contributed by atoms with Crippen molar-refractivity contribution in [2.24, 2.45) is 5.73 Å². The van der Waals surface area contributed by atoms with Crippen molar-refractivity contribution in [1.82, 2.24) is 4.98 Å². The summed E-state index contributed by atoms with van der Waals surface area (Å²) in [7, 11) is 0. The van der Waals surface area contributed by atoms with E-state index in [0.29, 0.717) is 24.6 Å². The lowest BCUT2D eigenvalue weighted by Gasteiger charge is -2.11. The molecule has 6 heteroatoms. The first-order valence-electron chi connectivity index (χ1n) is 5.81. The summed E-state index contributed by atoms with van der Waals surface area (Å²) in [6.45, 7) is 2.46. The Morgan fingerprint density at radius 1 is 1.61 bits per heavy atom. The van der Waals surface area contributed by atoms with E-state index in [2.05, 4.69) is 10.3 Å². The largest absolute Gasteiger partial charge is 0.478 e. The highest BCUT2D eigenvalue weighted by atomic mass is 32.2. The average molecular weight is 269 g/mol. The third-order valence-corrected chi connectivity index (χ3v) is 2.91. The Morgan fingerprint density at radius 3 is 2.94 bits per heavy atom. The Labute approximate surface area is 111 Å². The molecule has 1 aromatic heterocycles. The van der Waals surface area contributed by atoms with Crippen molar-refractivity contribution in [2.45, 2.75) is 19.4 Å². The molecule has 0 saturated carbocycles. The maximum absolute atomic E-state index is 11.7. The zero-order valence-electron chi connectivity index (χ0n) is 10.7. The molecule has 5 nitrogen and oxygen atoms in total. The van der Waals surface area contributed by atoms with Crippen LogP contribution in [-0.2, 0) is 4.79 Å². The maximum Gasteiger partial charge on any atom is 0.241 e. The molecule has 0 aliphatic rings. The first kappa shape index (κ1) is 14.8. The Balaban J connectivity index is 2.48. The van der Waals surface area contributed by atoms with Gasteiger partial charge in [0.1, 0.15) is 0 Å². The summed E-state index contributed by atoms with van der Waals surface area (Å²) in [5.74, 6) is 1.23. The molecule has 0 unspecified atom stereocenters. The number of anilines is 1. The van der Waals surface area contributed by atoms with E-state index in [0.717, 1.165) is 5.75 Å². The molecule has 18 heavy (non-hydrogen) atoms. The number of thioether (sulfide) groups is 1. The molecule has 0 aliphatic carbocycles. The summed E-state index contributed by atoms with van der Waals surface area (Å²) in [6.07, 6.45) is 4.21. The highest BCUT2D eigenvalue weighted by Crippen LogP contribution is 2.12. The second kappa shape index (κ2) is 7.94. The van der Waals surface area contributed by atoms with Gasteiger partial charge in [0, 0.05) is 6.07 Å². The van der Waals surface area contributed by atoms with Gasteiger partial charge in [0.05, 0.1) is 24.5 Å². The van der Waals surface area contributed by atoms with E-state index < -0.39 is 6.04 Å². The quantitative estimate of drug-likeness (QED) is 0.784. The molecule has 0 radical (unpaired) electrons. The number of carbonyl (C=O) groups is 1. The lowest BCUT2D eigenvalue weighted by atomic mass is 10.2. The molecule has 3 N–H and O–H groups in total. The molecule has 0 bridgehead atoms. The number of hydrogen-bond acceptors (Lipinski definition) is 5. The highest BCUT2D eigenvalue weighted by Gasteiger charge is 2.12. The molecule has 0 aliphatic heterocycles. The molecule has 1 heterocycles. The first-order chi connectivity index (χ1) is 8.67. The number of hydrogen-bond donors (Lipinski definition) is 2. The molecule has 1 aromatic rings. The van der Waals surface area contributed by atoms with Crippen LogP contribution in [0.15, 0.2) is 18.3 Å². The molecule has 1 atom stereocenters. The van der Waals surface area contributed by atoms with Gasteiger partial charge >= 0.3 is 0 Å². The Morgan fingerprint density at radius 2 is 2.39 bits per heavy atom. The lowest BCUT2D eigenvalue weighted by Crippen LogP contribution is -2.36. The van der Waals surface area contributed by atoms with E-state index in [4.69, 9.17) is 10.5 Å². The topological polar surface area (TPSA) is 77.2 Å². The van der Waals surface area contributed by atoms with E-state index >= 15 is 0 Å². The number of ether oxygens (including phenoxy) is 1. The summed E-state index contributed by atoms with van der Waals surface area (Å²) in [5.41, 5.74) is 6.39. The summed E-state index contributed by atoms with van der Waals surface area (Å²) in [5, 5.41) is 2.73. The number of nitrogens with one attached hydrogen (secondary N) is 1. The molecule has 0 saturated heterocycles. The molecule has 0 fully saturated rings. The van der Waals surface area contributed by atoms with Crippen molar-refractivity contribution in [1.29, 1.82) is 0 Å². The number of rotatable bonds is 7. The van der Waals surface area contributed by atoms with E-state index in [-0.39, 0.29) is 5.91 Å². The van der Waals surface area contributed by atoms with Crippen LogP contribution in [0.25, 0.3) is 0 Å². The summed E-state index contributed by atoms with van der Waals surface area (Å²) in [4.78, 5) is 15.8. The van der Waals surface area contributed by atoms with Crippen LogP contribution in [0.5, 0.6) is 5.88 Å². The van der Waals surface area contributed by atoms with Crippen LogP contribution >= 0.6 is 11.8 Å². The van der Waals surface area contributed by atoms with Crippen LogP contribution in [0.2, 0.25) is 0 Å². The number of aromatic nitrogens is 1. The third-order valence-electron chi connectivity index (χ3n) is 2.27. The fourth-order valence-corrected chi connectivity index (χ4v) is 1.79. The molecule has 0 aromatic carbocycles. The summed E-state index contributed by atoms with van der Waals surface area (Å²) < 4.78 is 5.22. The zero-order chi connectivity index (χ0) is 13.4. The number of nitrogens with zero attached hydrogens (tertiary/aromatic N) is 1. The second-order valence-corrected chi connectivity index (χ2v) is 4.68. The van der Waals surface area contributed by atoms with Crippen molar-refractivity contribution < 1.29 is 9.53 Å². The predicted molar refractivity (Wildman–Crippen MR) is 75.0 cm³/mol. The van der Waals surface area contributed by atoms with Crippen molar-refractivity contribution in [3.05, 3.63) is 18.3 Å². The van der Waals surface area contributed by atoms with Gasteiger partial charge < -0.3 is 15.8 Å². The van der Waals surface area contributed by atoms with Crippen LogP contribution in [0.1, 0.15) is 13.3 Å². The van der Waals surface area contributed by atoms with Gasteiger partial charge in [-0.3, -0.25) is 4.79 Å². The average Bonchev–Trinajstić information content (AvgIpc) is 2.38. The number of carbonyl (C=O) groups excluding carboxylic acids is 1. The van der Waals surface area contributed by atoms with E-state index in [1.165, 1.54) is 0 Å². The van der Waals surface area contributed by atoms with Crippen molar-refractivity contribution >= 4 is 23.4 Å². The van der Waals surface area contributed by atoms with Gasteiger partial charge in [0.2, 0.25) is 11.8 Å². The summed E-state index contributed by atoms with van der Waals surface area (Å²) >= 11 is 1.67. The minimum absolute atomic E-state index is 0.185. The summed E-state index contributed by atoms with van der Waals surface area (Å²) in [6, 6.07) is 2.98. The van der Waals surface area contributed by atoms with Gasteiger partial charge in [-0.05, 0) is 31.4 Å². The van der Waals surface area contributed by atoms with Crippen LogP contribution in [0, 0.1) is 0 Å². The van der Waals surface area contributed by atoms with Crippen LogP contribution < -0.4 is 15.8 Å². The number of pyridine rings is 1. The first-order valence-corrected chi connectivity index (χ1v) is 7.21. The normalized spacial score (nSPS) is 11.9. The maximum atomic E-state index is 11.7. The van der Waals surface area contributed by atoms with Gasteiger partial charge in [-0.1, -0.05) is 0 Å². The van der Waals surface area contributed by atoms with Crippen molar-refractivity contribution in [2.75, 3.05) is 23.9 Å². The Kier molecular flexibility index (Phi) is 6.53. The SMILES string of the molecule is CCOc1ccc(NC(=O)[C@@H](N)CCSC)cn1. The van der Waals surface area contributed by atoms with Crippen molar-refractivity contribution in [3.63, 3.8) is 0 Å². The van der Waals surface area contributed by atoms with Gasteiger partial charge in [-0.2, -0.15) is 11.8 Å². The monoisotopic (exact) mass is 269 g/mol. The smallest absolute Gasteiger partial charge is 0.241 e. The van der Waals surface area contributed by atoms with Gasteiger partial charge in [0.15, 0.2) is 0 Å². The standard InChI is InChI=1S/C12H19N3O2S/c1-3-17-11-5-4-9(8-14-11)15-12(16)10(13)6-7-18-2/h4-5,8,10H,3,6-7,13H2,1-2H3,(H,15,16)/t10-/m0/s1. The lowest BCUT2D eigenvalue weighted by molar-refractivity contribution is -0.117. The third kappa shape index (κ3) is 4.93. The van der Waals surface area contributed by atoms with Crippen LogP contribution in [0.3, 0.4) is 0 Å². The molecule has 1 amide bonds. The van der Waals surface area contributed by atoms with Gasteiger partial charge in [0.25, 0.3) is 0 Å². The van der Waals surface area contributed by atoms with Crippen LogP contribution in [0.4, 0.5) is 5.69 Å². The van der Waals surface area contributed by atoms with Gasteiger partial charge in [-0.25, -0.2) is 4.98 Å². The number of nitrogens with two attached hydrogens (primary N) is 1. The van der Waals surface area contributed by atoms with Crippen molar-refractivity contribution in [3.8, 4) is 5.88 Å². The van der Waals surface area contributed by atoms with E-state index in [1.54, 1.807) is 30.1 Å². The molecule has 1 rings (SSSR count). The number of amides is 1. The molecule has 0 spiro atoms. The molecular weight excluding hydrogens is 250 g/mol. The molecular formula is C12H19N3O2S. The minimum Gasteiger partial charge on any atom is -0.478 e. The fraction of sp³-hybridized carbons (Fsp3) is 0.500. The predicted octanol–water partition coefficient (Wildman–Crippen LogP) is 1.50. The van der Waals surface area contributed by atoms with E-state index in [9.17, 15) is 4.79 Å². The second-order valence-electron chi connectivity index (χ2n) is 3.70. The highest BCUT2D eigenvalue weighted by molar-refractivity contribution is 7.98. The zero-order valence-corrected chi connectivity index (χ0v) is 11.5. The fourth-order valence-electron chi connectivity index (χ4n) is 1.30. The van der Waals surface area contributed by atoms with Gasteiger partial charge in [-0.15, -0.1) is 0 Å². The van der Waals surface area contributed by atoms with Crippen LogP contribution in [-0.4, -0.2) is 35.5 Å².